The SMILES string of the molecule is CCCO[C@H](C[C@H](C(C)C)N(CCC)C(=O)[C@@H](NC(=O)C(C)(C)N(C)C)C(C)CC)c1nc(C(=O)N[C@@H](Cc2ccc(CCc3ccc(NC(=O)C(CCCCNC(=O)COCCOC)NC(=O)CCN4C(=O)CC(SC)C4=O)c(C)c3)cc2)CC(C)C(=O)O)cs1. The van der Waals surface area contributed by atoms with Crippen LogP contribution in [-0.4, -0.2) is 186 Å². The number of aromatic nitrogens is 1. The van der Waals surface area contributed by atoms with E-state index in [-0.39, 0.29) is 98.5 Å². The number of amides is 8. The van der Waals surface area contributed by atoms with Crippen molar-refractivity contribution in [2.24, 2.45) is 17.8 Å². The summed E-state index contributed by atoms with van der Waals surface area (Å²) in [7, 11) is 5.22. The number of imide groups is 1. The lowest BCUT2D eigenvalue weighted by atomic mass is 9.91. The van der Waals surface area contributed by atoms with Crippen LogP contribution in [0.25, 0.3) is 0 Å². The number of nitrogens with zero attached hydrogens (tertiary/aromatic N) is 4. The number of aliphatic carboxylic acids is 1. The number of unbranched alkanes of at least 4 members (excludes halogenated alkanes) is 1. The molecule has 0 radical (unpaired) electrons. The average molecular weight is 1320 g/mol. The Hall–Kier alpha value is -6.31. The van der Waals surface area contributed by atoms with Gasteiger partial charge in [-0.15, -0.1) is 11.3 Å². The first-order chi connectivity index (χ1) is 43.7. The van der Waals surface area contributed by atoms with Gasteiger partial charge in [0.05, 0.1) is 29.9 Å². The van der Waals surface area contributed by atoms with Crippen molar-refractivity contribution in [1.29, 1.82) is 0 Å². The van der Waals surface area contributed by atoms with Crippen LogP contribution in [0.4, 0.5) is 5.69 Å². The molecule has 1 saturated heterocycles. The minimum Gasteiger partial charge on any atom is -0.481 e. The Bertz CT molecular complexity index is 2890. The number of likely N-dealkylation sites (N-methyl/N-ethyl adjacent to an activating group) is 1. The van der Waals surface area contributed by atoms with Crippen molar-refractivity contribution >= 4 is 82.0 Å². The minimum atomic E-state index is -0.975. The fourth-order valence-corrected chi connectivity index (χ4v) is 12.1. The summed E-state index contributed by atoms with van der Waals surface area (Å²) in [4.78, 5) is 129. The van der Waals surface area contributed by atoms with Crippen LogP contribution in [0.2, 0.25) is 0 Å². The standard InChI is InChI=1S/C68H105N9O13S2/c1-15-31-76(65(84)60(44(6)17-3)74-67(87)68(9,10)75(11)12)54(43(4)5)39-55(90-33-16-2)63-73-53(42-92-63)62(82)70-50(37-46(8)66(85)86)38-49-25-22-47(23-26-49)21-24-48-27-28-51(45(7)36-48)72-61(81)52(20-18-19-30-69-58(79)41-89-35-34-88-13)71-57(78)29-32-77-59(80)40-56(91-14)64(77)83/h22-23,25-28,36,42-44,46,50,52,54-56,60H,15-21,24,29-35,37-41H2,1-14H3,(H,69,79)(H,70,82)(H,71,78)(H,72,81)(H,74,87)(H,85,86)/t44?,46?,50-,52?,54-,55-,56?,60+/m1/s1. The molecule has 3 aromatic rings. The molecule has 4 rings (SSSR count). The van der Waals surface area contributed by atoms with E-state index in [9.17, 15) is 48.3 Å². The molecule has 2 aromatic carbocycles. The van der Waals surface area contributed by atoms with E-state index in [0.29, 0.717) is 88.4 Å². The van der Waals surface area contributed by atoms with E-state index in [4.69, 9.17) is 19.2 Å². The number of thiazole rings is 1. The Morgan fingerprint density at radius 1 is 0.870 bits per heavy atom. The van der Waals surface area contributed by atoms with Crippen LogP contribution >= 0.6 is 23.1 Å². The molecule has 8 atom stereocenters. The van der Waals surface area contributed by atoms with Gasteiger partial charge in [-0.05, 0) is 139 Å². The van der Waals surface area contributed by atoms with Crippen molar-refractivity contribution in [2.75, 3.05) is 78.8 Å². The van der Waals surface area contributed by atoms with Gasteiger partial charge in [-0.2, -0.15) is 11.8 Å². The van der Waals surface area contributed by atoms with E-state index in [2.05, 4.69) is 40.4 Å². The number of rotatable bonds is 43. The maximum absolute atomic E-state index is 14.8. The second-order valence-corrected chi connectivity index (χ2v) is 27.1. The van der Waals surface area contributed by atoms with Gasteiger partial charge in [-0.3, -0.25) is 53.0 Å². The molecule has 1 fully saturated rings. The number of carbonyl (C=O) groups excluding carboxylic acids is 8. The van der Waals surface area contributed by atoms with E-state index in [1.165, 1.54) is 23.1 Å². The van der Waals surface area contributed by atoms with Crippen LogP contribution in [0.1, 0.15) is 170 Å². The van der Waals surface area contributed by atoms with Gasteiger partial charge in [0, 0.05) is 75.8 Å². The zero-order valence-corrected chi connectivity index (χ0v) is 58.5. The van der Waals surface area contributed by atoms with E-state index in [0.717, 1.165) is 33.6 Å². The zero-order chi connectivity index (χ0) is 68.2. The summed E-state index contributed by atoms with van der Waals surface area (Å²) in [5.74, 6) is -4.52. The van der Waals surface area contributed by atoms with Crippen LogP contribution in [0, 0.1) is 24.7 Å². The minimum absolute atomic E-state index is 0.00167. The van der Waals surface area contributed by atoms with Crippen LogP contribution in [-0.2, 0) is 71.8 Å². The molecule has 0 aliphatic carbocycles. The predicted octanol–water partition coefficient (Wildman–Crippen LogP) is 7.93. The molecule has 4 unspecified atom stereocenters. The number of aryl methyl sites for hydroxylation is 3. The molecule has 8 amide bonds. The van der Waals surface area contributed by atoms with Crippen LogP contribution < -0.4 is 26.6 Å². The van der Waals surface area contributed by atoms with E-state index < -0.39 is 64.6 Å². The molecule has 0 spiro atoms. The molecule has 6 N–H and O–H groups in total. The number of carbonyl (C=O) groups is 9. The maximum Gasteiger partial charge on any atom is 0.306 e. The first-order valence-corrected chi connectivity index (χ1v) is 34.7. The molecule has 22 nitrogen and oxygen atoms in total. The largest absolute Gasteiger partial charge is 0.481 e. The number of nitrogens with one attached hydrogen (secondary N) is 5. The Labute approximate surface area is 553 Å². The normalized spacial score (nSPS) is 15.7. The monoisotopic (exact) mass is 1320 g/mol. The van der Waals surface area contributed by atoms with Crippen molar-refractivity contribution in [3.8, 4) is 0 Å². The number of benzene rings is 2. The fraction of sp³-hybridized carbons (Fsp3) is 0.647. The Balaban J connectivity index is 1.43. The number of likely N-dealkylation sites (tertiary alicyclic amines) is 1. The Morgan fingerprint density at radius 3 is 2.16 bits per heavy atom. The molecule has 0 saturated carbocycles. The Kier molecular flexibility index (Phi) is 33.5. The summed E-state index contributed by atoms with van der Waals surface area (Å²) in [6.45, 7) is 21.1. The van der Waals surface area contributed by atoms with Crippen LogP contribution in [0.5, 0.6) is 0 Å². The number of carboxylic acids is 1. The summed E-state index contributed by atoms with van der Waals surface area (Å²) >= 11 is 2.60. The van der Waals surface area contributed by atoms with Crippen molar-refractivity contribution in [2.45, 2.75) is 194 Å². The molecule has 0 bridgehead atoms. The number of carboxylic acid groups (broad SMARTS) is 1. The average Bonchev–Trinajstić information content (AvgIpc) is 1.07. The molecule has 1 aliphatic rings. The number of hydrogen-bond acceptors (Lipinski definition) is 16. The summed E-state index contributed by atoms with van der Waals surface area (Å²) < 4.78 is 16.7. The highest BCUT2D eigenvalue weighted by molar-refractivity contribution is 8.00. The number of hydrogen-bond donors (Lipinski definition) is 6. The first kappa shape index (κ1) is 78.1. The molecular weight excluding hydrogens is 1210 g/mol. The van der Waals surface area contributed by atoms with Gasteiger partial charge in [0.1, 0.15) is 35.5 Å². The molecule has 1 aromatic heterocycles. The third-order valence-corrected chi connectivity index (χ3v) is 19.0. The summed E-state index contributed by atoms with van der Waals surface area (Å²) in [5, 5.41) is 26.6. The lowest BCUT2D eigenvalue weighted by Gasteiger charge is -2.40. The van der Waals surface area contributed by atoms with Gasteiger partial charge >= 0.3 is 5.97 Å². The van der Waals surface area contributed by atoms with Gasteiger partial charge in [0.25, 0.3) is 5.91 Å². The quantitative estimate of drug-likeness (QED) is 0.0232. The van der Waals surface area contributed by atoms with Crippen molar-refractivity contribution in [3.63, 3.8) is 0 Å². The number of methoxy groups -OCH3 is 1. The highest BCUT2D eigenvalue weighted by Gasteiger charge is 2.41. The van der Waals surface area contributed by atoms with E-state index >= 15 is 0 Å². The molecular formula is C68H105N9O13S2. The van der Waals surface area contributed by atoms with Gasteiger partial charge < -0.3 is 50.8 Å². The van der Waals surface area contributed by atoms with Gasteiger partial charge in [-0.25, -0.2) is 4.98 Å². The van der Waals surface area contributed by atoms with E-state index in [1.54, 1.807) is 25.7 Å². The molecule has 2 heterocycles. The summed E-state index contributed by atoms with van der Waals surface area (Å²) in [6, 6.07) is 11.3. The van der Waals surface area contributed by atoms with Gasteiger partial charge in [0.2, 0.25) is 41.4 Å². The number of anilines is 1. The highest BCUT2D eigenvalue weighted by atomic mass is 32.2. The van der Waals surface area contributed by atoms with Crippen LogP contribution in [0.3, 0.4) is 0 Å². The summed E-state index contributed by atoms with van der Waals surface area (Å²) in [5.41, 5.74) is 3.70. The van der Waals surface area contributed by atoms with Gasteiger partial charge in [0.15, 0.2) is 0 Å². The molecule has 512 valence electrons. The zero-order valence-electron chi connectivity index (χ0n) is 56.9. The van der Waals surface area contributed by atoms with Crippen molar-refractivity contribution in [3.05, 3.63) is 80.8 Å². The molecule has 1 aliphatic heterocycles. The lowest BCUT2D eigenvalue weighted by Crippen LogP contribution is -2.60. The second-order valence-electron chi connectivity index (χ2n) is 25.2. The van der Waals surface area contributed by atoms with Crippen molar-refractivity contribution in [1.82, 2.24) is 41.0 Å². The van der Waals surface area contributed by atoms with Gasteiger partial charge in [-0.1, -0.05) is 91.3 Å². The van der Waals surface area contributed by atoms with E-state index in [1.807, 2.05) is 115 Å². The van der Waals surface area contributed by atoms with Crippen molar-refractivity contribution < 1.29 is 62.5 Å². The predicted molar refractivity (Wildman–Crippen MR) is 360 cm³/mol. The topological polar surface area (TPSA) is 284 Å². The first-order valence-electron chi connectivity index (χ1n) is 32.6. The number of thioether (sulfide) groups is 1. The second kappa shape index (κ2) is 39.4. The number of ether oxygens (including phenoxy) is 3. The third-order valence-electron chi connectivity index (χ3n) is 17.1. The lowest BCUT2D eigenvalue weighted by molar-refractivity contribution is -0.144. The third kappa shape index (κ3) is 24.5. The fourth-order valence-electron chi connectivity index (χ4n) is 10.6. The maximum atomic E-state index is 14.8. The Morgan fingerprint density at radius 2 is 1.55 bits per heavy atom. The highest BCUT2D eigenvalue weighted by Crippen LogP contribution is 2.33. The van der Waals surface area contributed by atoms with Crippen LogP contribution in [0.15, 0.2) is 47.8 Å². The smallest absolute Gasteiger partial charge is 0.306 e. The molecule has 24 heteroatoms. The summed E-state index contributed by atoms with van der Waals surface area (Å²) in [6.07, 6.45) is 6.84. The molecule has 92 heavy (non-hydrogen) atoms.